The Morgan fingerprint density at radius 3 is 2.00 bits per heavy atom. The van der Waals surface area contributed by atoms with Gasteiger partial charge in [0.25, 0.3) is 0 Å². The van der Waals surface area contributed by atoms with E-state index in [1.165, 1.54) is 0 Å². The van der Waals surface area contributed by atoms with E-state index in [1.807, 2.05) is 34.6 Å². The van der Waals surface area contributed by atoms with Crippen molar-refractivity contribution < 1.29 is 8.42 Å². The second-order valence-corrected chi connectivity index (χ2v) is 6.78. The SMILES string of the molecule is CC(C)NS(=O)(=O)CCC(C)(C)C. The lowest BCUT2D eigenvalue weighted by atomic mass is 9.94. The summed E-state index contributed by atoms with van der Waals surface area (Å²) < 4.78 is 25.3. The Balaban J connectivity index is 4.06. The highest BCUT2D eigenvalue weighted by molar-refractivity contribution is 7.89. The molecule has 3 nitrogen and oxygen atoms in total. The molecule has 0 aromatic carbocycles. The van der Waals surface area contributed by atoms with Crippen molar-refractivity contribution in [3.8, 4) is 0 Å². The van der Waals surface area contributed by atoms with Crippen molar-refractivity contribution in [1.82, 2.24) is 4.72 Å². The Hall–Kier alpha value is -0.0900. The summed E-state index contributed by atoms with van der Waals surface area (Å²) in [6.45, 7) is 9.77. The summed E-state index contributed by atoms with van der Waals surface area (Å²) in [6, 6.07) is -0.00929. The van der Waals surface area contributed by atoms with Crippen LogP contribution in [0.3, 0.4) is 0 Å². The Bertz CT molecular complexity index is 237. The molecule has 0 saturated heterocycles. The van der Waals surface area contributed by atoms with Crippen molar-refractivity contribution in [1.29, 1.82) is 0 Å². The molecular formula is C9H21NO2S. The molecule has 0 radical (unpaired) electrons. The zero-order valence-corrected chi connectivity index (χ0v) is 10.0. The van der Waals surface area contributed by atoms with Crippen LogP contribution in [0.15, 0.2) is 0 Å². The first-order chi connectivity index (χ1) is 5.62. The molecule has 0 unspecified atom stereocenters. The summed E-state index contributed by atoms with van der Waals surface area (Å²) in [5.41, 5.74) is 0.0751. The highest BCUT2D eigenvalue weighted by atomic mass is 32.2. The van der Waals surface area contributed by atoms with Gasteiger partial charge in [-0.05, 0) is 25.7 Å². The minimum atomic E-state index is -3.06. The van der Waals surface area contributed by atoms with Gasteiger partial charge >= 0.3 is 0 Å². The third-order valence-corrected chi connectivity index (χ3v) is 3.11. The van der Waals surface area contributed by atoms with E-state index < -0.39 is 10.0 Å². The van der Waals surface area contributed by atoms with Gasteiger partial charge in [0.1, 0.15) is 0 Å². The Morgan fingerprint density at radius 1 is 1.23 bits per heavy atom. The zero-order chi connectivity index (χ0) is 10.7. The third kappa shape index (κ3) is 8.25. The smallest absolute Gasteiger partial charge is 0.211 e. The minimum Gasteiger partial charge on any atom is -0.213 e. The summed E-state index contributed by atoms with van der Waals surface area (Å²) in [4.78, 5) is 0. The third-order valence-electron chi connectivity index (χ3n) is 1.54. The van der Waals surface area contributed by atoms with Crippen molar-refractivity contribution in [3.05, 3.63) is 0 Å². The van der Waals surface area contributed by atoms with Gasteiger partial charge in [-0.15, -0.1) is 0 Å². The molecule has 0 spiro atoms. The summed E-state index contributed by atoms with van der Waals surface area (Å²) in [5, 5.41) is 0. The topological polar surface area (TPSA) is 46.2 Å². The fraction of sp³-hybridized carbons (Fsp3) is 1.00. The number of sulfonamides is 1. The molecular weight excluding hydrogens is 186 g/mol. The van der Waals surface area contributed by atoms with Crippen LogP contribution >= 0.6 is 0 Å². The highest BCUT2D eigenvalue weighted by Crippen LogP contribution is 2.18. The van der Waals surface area contributed by atoms with Crippen LogP contribution in [0.5, 0.6) is 0 Å². The van der Waals surface area contributed by atoms with E-state index in [-0.39, 0.29) is 17.2 Å². The van der Waals surface area contributed by atoms with Crippen LogP contribution in [0.4, 0.5) is 0 Å². The van der Waals surface area contributed by atoms with Gasteiger partial charge in [0, 0.05) is 6.04 Å². The predicted octanol–water partition coefficient (Wildman–Crippen LogP) is 1.75. The van der Waals surface area contributed by atoms with Crippen LogP contribution < -0.4 is 4.72 Å². The van der Waals surface area contributed by atoms with Gasteiger partial charge in [0.2, 0.25) is 10.0 Å². The quantitative estimate of drug-likeness (QED) is 0.763. The highest BCUT2D eigenvalue weighted by Gasteiger charge is 2.17. The zero-order valence-electron chi connectivity index (χ0n) is 9.22. The lowest BCUT2D eigenvalue weighted by Crippen LogP contribution is -2.33. The number of nitrogens with one attached hydrogen (secondary N) is 1. The molecule has 0 bridgehead atoms. The van der Waals surface area contributed by atoms with Crippen molar-refractivity contribution >= 4 is 10.0 Å². The second kappa shape index (κ2) is 4.42. The summed E-state index contributed by atoms with van der Waals surface area (Å²) >= 11 is 0. The van der Waals surface area contributed by atoms with Crippen LogP contribution in [-0.2, 0) is 10.0 Å². The molecule has 0 heterocycles. The van der Waals surface area contributed by atoms with E-state index in [2.05, 4.69) is 4.72 Å². The van der Waals surface area contributed by atoms with Gasteiger partial charge in [0.15, 0.2) is 0 Å². The molecule has 80 valence electrons. The average Bonchev–Trinajstić information content (AvgIpc) is 1.79. The molecule has 0 aliphatic carbocycles. The maximum atomic E-state index is 11.4. The van der Waals surface area contributed by atoms with E-state index in [0.717, 1.165) is 0 Å². The van der Waals surface area contributed by atoms with Gasteiger partial charge < -0.3 is 0 Å². The van der Waals surface area contributed by atoms with Crippen LogP contribution in [0.25, 0.3) is 0 Å². The maximum absolute atomic E-state index is 11.4. The van der Waals surface area contributed by atoms with Crippen molar-refractivity contribution in [2.45, 2.75) is 47.1 Å². The molecule has 0 aliphatic rings. The molecule has 0 aliphatic heterocycles. The van der Waals surface area contributed by atoms with Crippen LogP contribution in [0, 0.1) is 5.41 Å². The summed E-state index contributed by atoms with van der Waals surface area (Å²) in [7, 11) is -3.06. The maximum Gasteiger partial charge on any atom is 0.211 e. The van der Waals surface area contributed by atoms with Crippen molar-refractivity contribution in [3.63, 3.8) is 0 Å². The van der Waals surface area contributed by atoms with Crippen LogP contribution in [0.2, 0.25) is 0 Å². The van der Waals surface area contributed by atoms with Crippen molar-refractivity contribution in [2.24, 2.45) is 5.41 Å². The molecule has 13 heavy (non-hydrogen) atoms. The molecule has 0 rings (SSSR count). The van der Waals surface area contributed by atoms with Gasteiger partial charge in [-0.25, -0.2) is 13.1 Å². The van der Waals surface area contributed by atoms with Gasteiger partial charge in [-0.1, -0.05) is 20.8 Å². The summed E-state index contributed by atoms with van der Waals surface area (Å²) in [5.74, 6) is 0.217. The van der Waals surface area contributed by atoms with E-state index in [4.69, 9.17) is 0 Å². The lowest BCUT2D eigenvalue weighted by Gasteiger charge is -2.18. The molecule has 0 aromatic heterocycles. The minimum absolute atomic E-state index is 0.00929. The van der Waals surface area contributed by atoms with Gasteiger partial charge in [0.05, 0.1) is 5.75 Å². The molecule has 0 amide bonds. The standard InChI is InChI=1S/C9H21NO2S/c1-8(2)10-13(11,12)7-6-9(3,4)5/h8,10H,6-7H2,1-5H3. The first kappa shape index (κ1) is 12.9. The lowest BCUT2D eigenvalue weighted by molar-refractivity contribution is 0.396. The first-order valence-corrected chi connectivity index (χ1v) is 6.28. The molecule has 1 N–H and O–H groups in total. The predicted molar refractivity (Wildman–Crippen MR) is 56.1 cm³/mol. The number of rotatable bonds is 4. The molecule has 0 aromatic rings. The Morgan fingerprint density at radius 2 is 1.69 bits per heavy atom. The fourth-order valence-electron chi connectivity index (χ4n) is 0.859. The fourth-order valence-corrected chi connectivity index (χ4v) is 2.58. The number of hydrogen-bond acceptors (Lipinski definition) is 2. The van der Waals surface area contributed by atoms with E-state index in [0.29, 0.717) is 6.42 Å². The molecule has 0 atom stereocenters. The second-order valence-electron chi connectivity index (χ2n) is 4.90. The first-order valence-electron chi connectivity index (χ1n) is 4.62. The Labute approximate surface area is 82.0 Å². The van der Waals surface area contributed by atoms with Crippen LogP contribution in [-0.4, -0.2) is 20.2 Å². The normalized spacial score (nSPS) is 13.7. The Kier molecular flexibility index (Phi) is 4.39. The van der Waals surface area contributed by atoms with Gasteiger partial charge in [-0.2, -0.15) is 0 Å². The monoisotopic (exact) mass is 207 g/mol. The molecule has 4 heteroatoms. The largest absolute Gasteiger partial charge is 0.213 e. The molecule has 0 fully saturated rings. The van der Waals surface area contributed by atoms with Gasteiger partial charge in [-0.3, -0.25) is 0 Å². The molecule has 0 saturated carbocycles. The van der Waals surface area contributed by atoms with Crippen LogP contribution in [0.1, 0.15) is 41.0 Å². The summed E-state index contributed by atoms with van der Waals surface area (Å²) in [6.07, 6.45) is 0.690. The van der Waals surface area contributed by atoms with E-state index in [1.54, 1.807) is 0 Å². The average molecular weight is 207 g/mol. The number of hydrogen-bond donors (Lipinski definition) is 1. The van der Waals surface area contributed by atoms with E-state index >= 15 is 0 Å². The van der Waals surface area contributed by atoms with Crippen molar-refractivity contribution in [2.75, 3.05) is 5.75 Å². The van der Waals surface area contributed by atoms with E-state index in [9.17, 15) is 8.42 Å².